The Bertz CT molecular complexity index is 2130. The first-order valence-electron chi connectivity index (χ1n) is 15.2. The van der Waals surface area contributed by atoms with Crippen molar-refractivity contribution in [3.05, 3.63) is 120 Å². The van der Waals surface area contributed by atoms with Crippen LogP contribution in [0.3, 0.4) is 0 Å². The first kappa shape index (κ1) is 27.3. The predicted octanol–water partition coefficient (Wildman–Crippen LogP) is 6.59. The molecule has 6 aromatic rings. The fraction of sp³-hybridized carbons (Fsp3) is 0.216. The van der Waals surface area contributed by atoms with Crippen molar-refractivity contribution in [1.82, 2.24) is 24.5 Å². The van der Waals surface area contributed by atoms with Crippen LogP contribution in [0.4, 0.5) is 0 Å². The van der Waals surface area contributed by atoms with Gasteiger partial charge in [-0.25, -0.2) is 9.97 Å². The molecular weight excluding hydrogens is 562 g/mol. The molecule has 2 aliphatic rings. The molecule has 0 bridgehead atoms. The molecule has 0 saturated heterocycles. The smallest absolute Gasteiger partial charge is 0.262 e. The Morgan fingerprint density at radius 2 is 1.44 bits per heavy atom. The zero-order valence-electron chi connectivity index (χ0n) is 25.2. The molecule has 222 valence electrons. The molecule has 0 atom stereocenters. The summed E-state index contributed by atoms with van der Waals surface area (Å²) < 4.78 is 1.77. The van der Waals surface area contributed by atoms with E-state index in [9.17, 15) is 14.7 Å². The van der Waals surface area contributed by atoms with Crippen LogP contribution in [0.1, 0.15) is 58.7 Å². The fourth-order valence-electron chi connectivity index (χ4n) is 7.09. The van der Waals surface area contributed by atoms with Crippen molar-refractivity contribution in [2.75, 3.05) is 0 Å². The van der Waals surface area contributed by atoms with E-state index in [2.05, 4.69) is 28.3 Å². The minimum absolute atomic E-state index is 0.0347. The average Bonchev–Trinajstić information content (AvgIpc) is 3.55. The van der Waals surface area contributed by atoms with E-state index in [0.29, 0.717) is 16.8 Å². The van der Waals surface area contributed by atoms with E-state index in [1.807, 2.05) is 75.5 Å². The highest BCUT2D eigenvalue weighted by atomic mass is 16.3. The molecule has 45 heavy (non-hydrogen) atoms. The quantitative estimate of drug-likeness (QED) is 0.226. The Kier molecular flexibility index (Phi) is 5.86. The number of aromatic nitrogens is 4. The second kappa shape index (κ2) is 9.64. The minimum Gasteiger partial charge on any atom is -0.389 e. The van der Waals surface area contributed by atoms with E-state index in [-0.39, 0.29) is 30.6 Å². The fourth-order valence-corrected chi connectivity index (χ4v) is 7.09. The lowest BCUT2D eigenvalue weighted by Crippen LogP contribution is -2.66. The molecule has 3 aromatic heterocycles. The van der Waals surface area contributed by atoms with Gasteiger partial charge in [-0.2, -0.15) is 9.61 Å². The number of rotatable bonds is 5. The van der Waals surface area contributed by atoms with Crippen molar-refractivity contribution in [1.29, 1.82) is 0 Å². The molecule has 1 aliphatic carbocycles. The van der Waals surface area contributed by atoms with E-state index in [1.165, 1.54) is 4.90 Å². The highest BCUT2D eigenvalue weighted by molar-refractivity contribution is 6.22. The molecule has 0 unspecified atom stereocenters. The molecule has 4 heterocycles. The summed E-state index contributed by atoms with van der Waals surface area (Å²) in [6.45, 7) is 5.88. The van der Waals surface area contributed by atoms with Crippen LogP contribution in [-0.2, 0) is 5.54 Å². The van der Waals surface area contributed by atoms with Gasteiger partial charge in [-0.05, 0) is 42.2 Å². The maximum absolute atomic E-state index is 13.7. The lowest BCUT2D eigenvalue weighted by atomic mass is 9.57. The number of carbonyl (C=O) groups is 2. The molecule has 3 aromatic carbocycles. The molecule has 8 rings (SSSR count). The first-order valence-corrected chi connectivity index (χ1v) is 15.2. The van der Waals surface area contributed by atoms with Crippen molar-refractivity contribution in [3.63, 3.8) is 0 Å². The number of benzene rings is 3. The van der Waals surface area contributed by atoms with E-state index in [4.69, 9.17) is 4.98 Å². The van der Waals surface area contributed by atoms with Gasteiger partial charge in [0.15, 0.2) is 11.3 Å². The largest absolute Gasteiger partial charge is 0.389 e. The van der Waals surface area contributed by atoms with Crippen LogP contribution in [0.15, 0.2) is 97.2 Å². The van der Waals surface area contributed by atoms with Crippen LogP contribution in [0.25, 0.3) is 39.1 Å². The normalized spacial score (nSPS) is 21.1. The van der Waals surface area contributed by atoms with Gasteiger partial charge in [0.05, 0.1) is 33.7 Å². The number of imide groups is 1. The molecule has 0 radical (unpaired) electrons. The second-order valence-electron chi connectivity index (χ2n) is 12.7. The summed E-state index contributed by atoms with van der Waals surface area (Å²) in [6, 6.07) is 29.0. The SMILES string of the molecule is Cc1cc2ncc3cc(-c4ccccc4)c(-c4ccc([C@]5(N6C(=O)c7ccccc7C6=O)C[C@](O)(C(C)C)C5)cc4)nc3n2n1. The van der Waals surface area contributed by atoms with Crippen molar-refractivity contribution < 1.29 is 14.7 Å². The molecule has 2 amide bonds. The maximum atomic E-state index is 13.7. The van der Waals surface area contributed by atoms with E-state index < -0.39 is 11.1 Å². The second-order valence-corrected chi connectivity index (χ2v) is 12.7. The predicted molar refractivity (Wildman–Crippen MR) is 172 cm³/mol. The topological polar surface area (TPSA) is 101 Å². The monoisotopic (exact) mass is 593 g/mol. The summed E-state index contributed by atoms with van der Waals surface area (Å²) in [6.07, 6.45) is 2.38. The zero-order valence-corrected chi connectivity index (χ0v) is 25.2. The molecule has 1 N–H and O–H groups in total. The number of hydrogen-bond acceptors (Lipinski definition) is 6. The third kappa shape index (κ3) is 3.98. The average molecular weight is 594 g/mol. The first-order chi connectivity index (χ1) is 21.7. The Hall–Kier alpha value is -5.21. The van der Waals surface area contributed by atoms with Gasteiger partial charge in [-0.3, -0.25) is 14.5 Å². The van der Waals surface area contributed by atoms with Gasteiger partial charge < -0.3 is 5.11 Å². The number of aliphatic hydroxyl groups is 1. The molecule has 8 heteroatoms. The van der Waals surface area contributed by atoms with Gasteiger partial charge in [-0.1, -0.05) is 80.6 Å². The highest BCUT2D eigenvalue weighted by Gasteiger charge is 2.63. The van der Waals surface area contributed by atoms with Gasteiger partial charge in [0.1, 0.15) is 0 Å². The van der Waals surface area contributed by atoms with Gasteiger partial charge in [0, 0.05) is 41.6 Å². The standard InChI is InChI=1S/C37H31N5O3/c1-22(2)37(45)20-36(21-37,41-34(43)28-11-7-8-12-29(28)35(41)44)27-15-13-25(14-16-27)32-30(24-9-5-4-6-10-24)18-26-19-38-31-17-23(3)40-42(31)33(26)39-32/h4-19,22,45H,20-21H2,1-3H3/t36-,37+. The third-order valence-electron chi connectivity index (χ3n) is 9.65. The highest BCUT2D eigenvalue weighted by Crippen LogP contribution is 2.57. The molecular formula is C37H31N5O3. The van der Waals surface area contributed by atoms with Crippen LogP contribution >= 0.6 is 0 Å². The summed E-state index contributed by atoms with van der Waals surface area (Å²) in [7, 11) is 0. The van der Waals surface area contributed by atoms with Crippen molar-refractivity contribution in [3.8, 4) is 22.4 Å². The molecule has 1 fully saturated rings. The van der Waals surface area contributed by atoms with Crippen LogP contribution in [0, 0.1) is 12.8 Å². The summed E-state index contributed by atoms with van der Waals surface area (Å²) in [5.74, 6) is -0.673. The van der Waals surface area contributed by atoms with E-state index in [0.717, 1.165) is 44.7 Å². The molecule has 0 spiro atoms. The molecule has 8 nitrogen and oxygen atoms in total. The summed E-state index contributed by atoms with van der Waals surface area (Å²) >= 11 is 0. The van der Waals surface area contributed by atoms with Crippen molar-refractivity contribution >= 4 is 28.5 Å². The number of carbonyl (C=O) groups excluding carboxylic acids is 2. The van der Waals surface area contributed by atoms with Crippen LogP contribution in [0.2, 0.25) is 0 Å². The number of pyridine rings is 1. The zero-order chi connectivity index (χ0) is 31.1. The number of amides is 2. The lowest BCUT2D eigenvalue weighted by molar-refractivity contribution is -0.156. The Labute approximate surface area is 260 Å². The summed E-state index contributed by atoms with van der Waals surface area (Å²) in [4.78, 5) is 38.6. The maximum Gasteiger partial charge on any atom is 0.262 e. The van der Waals surface area contributed by atoms with Gasteiger partial charge in [-0.15, -0.1) is 0 Å². The number of fused-ring (bicyclic) bond motifs is 4. The number of aryl methyl sites for hydroxylation is 1. The Morgan fingerprint density at radius 1 is 0.800 bits per heavy atom. The van der Waals surface area contributed by atoms with Crippen molar-refractivity contribution in [2.24, 2.45) is 5.92 Å². The Balaban J connectivity index is 1.27. The van der Waals surface area contributed by atoms with Crippen molar-refractivity contribution in [2.45, 2.75) is 44.8 Å². The van der Waals surface area contributed by atoms with Crippen LogP contribution in [-0.4, -0.2) is 47.0 Å². The van der Waals surface area contributed by atoms with Gasteiger partial charge in [0.25, 0.3) is 11.8 Å². The van der Waals surface area contributed by atoms with E-state index in [1.54, 1.807) is 28.8 Å². The van der Waals surface area contributed by atoms with Crippen LogP contribution < -0.4 is 0 Å². The lowest BCUT2D eigenvalue weighted by Gasteiger charge is -2.58. The molecule has 1 aliphatic heterocycles. The van der Waals surface area contributed by atoms with Crippen LogP contribution in [0.5, 0.6) is 0 Å². The third-order valence-corrected chi connectivity index (χ3v) is 9.65. The summed E-state index contributed by atoms with van der Waals surface area (Å²) in [5.41, 5.74) is 5.58. The Morgan fingerprint density at radius 3 is 2.09 bits per heavy atom. The van der Waals surface area contributed by atoms with E-state index >= 15 is 0 Å². The molecule has 1 saturated carbocycles. The minimum atomic E-state index is -0.990. The summed E-state index contributed by atoms with van der Waals surface area (Å²) in [5, 5.41) is 17.0. The number of nitrogens with zero attached hydrogens (tertiary/aromatic N) is 5. The van der Waals surface area contributed by atoms with Gasteiger partial charge >= 0.3 is 0 Å². The van der Waals surface area contributed by atoms with Gasteiger partial charge in [0.2, 0.25) is 0 Å². The number of hydrogen-bond donors (Lipinski definition) is 1.